The van der Waals surface area contributed by atoms with Crippen LogP contribution in [0, 0.1) is 6.92 Å². The molecular formula is C15H23N3O. The Balaban J connectivity index is 1.87. The highest BCUT2D eigenvalue weighted by atomic mass is 16.2. The molecule has 1 amide bonds. The lowest BCUT2D eigenvalue weighted by atomic mass is 10.2. The molecule has 1 aromatic carbocycles. The first-order valence-corrected chi connectivity index (χ1v) is 7.00. The quantitative estimate of drug-likeness (QED) is 0.891. The van der Waals surface area contributed by atoms with Gasteiger partial charge in [0.05, 0.1) is 0 Å². The van der Waals surface area contributed by atoms with Crippen molar-refractivity contribution in [3.8, 4) is 0 Å². The highest BCUT2D eigenvalue weighted by Crippen LogP contribution is 2.18. The maximum atomic E-state index is 11.9. The normalized spacial score (nSPS) is 15.7. The minimum Gasteiger partial charge on any atom is -0.368 e. The van der Waals surface area contributed by atoms with E-state index < -0.39 is 0 Å². The third-order valence-corrected chi connectivity index (χ3v) is 3.59. The minimum absolute atomic E-state index is 0.245. The second-order valence-corrected chi connectivity index (χ2v) is 5.10. The van der Waals surface area contributed by atoms with E-state index in [0.29, 0.717) is 13.0 Å². The van der Waals surface area contributed by atoms with Crippen LogP contribution in [0.2, 0.25) is 0 Å². The third kappa shape index (κ3) is 3.70. The number of carbonyl (C=O) groups is 1. The number of amides is 1. The van der Waals surface area contributed by atoms with Crippen LogP contribution in [-0.4, -0.2) is 43.5 Å². The maximum absolute atomic E-state index is 11.9. The molecule has 1 heterocycles. The molecule has 104 valence electrons. The van der Waals surface area contributed by atoms with Gasteiger partial charge < -0.3 is 15.5 Å². The molecule has 0 atom stereocenters. The first kappa shape index (κ1) is 13.9. The third-order valence-electron chi connectivity index (χ3n) is 3.59. The highest BCUT2D eigenvalue weighted by Gasteiger charge is 2.20. The molecule has 1 fully saturated rings. The summed E-state index contributed by atoms with van der Waals surface area (Å²) in [4.78, 5) is 16.2. The smallest absolute Gasteiger partial charge is 0.222 e. The fourth-order valence-electron chi connectivity index (χ4n) is 2.45. The van der Waals surface area contributed by atoms with Crippen molar-refractivity contribution in [2.45, 2.75) is 19.8 Å². The molecule has 2 N–H and O–H groups in total. The Morgan fingerprint density at radius 2 is 2.00 bits per heavy atom. The lowest BCUT2D eigenvalue weighted by molar-refractivity contribution is -0.131. The van der Waals surface area contributed by atoms with Crippen LogP contribution < -0.4 is 10.6 Å². The fourth-order valence-corrected chi connectivity index (χ4v) is 2.45. The van der Waals surface area contributed by atoms with E-state index in [0.717, 1.165) is 32.6 Å². The second kappa shape index (κ2) is 6.57. The van der Waals surface area contributed by atoms with E-state index in [4.69, 9.17) is 5.73 Å². The number of rotatable bonds is 4. The lowest BCUT2D eigenvalue weighted by Crippen LogP contribution is -2.48. The Labute approximate surface area is 115 Å². The van der Waals surface area contributed by atoms with Crippen LogP contribution in [0.25, 0.3) is 0 Å². The van der Waals surface area contributed by atoms with Crippen molar-refractivity contribution in [2.75, 3.05) is 37.6 Å². The summed E-state index contributed by atoms with van der Waals surface area (Å²) in [5.74, 6) is 0.245. The van der Waals surface area contributed by atoms with Gasteiger partial charge in [-0.05, 0) is 37.6 Å². The van der Waals surface area contributed by atoms with Crippen molar-refractivity contribution >= 4 is 11.6 Å². The van der Waals surface area contributed by atoms with Crippen LogP contribution in [0.1, 0.15) is 18.4 Å². The molecule has 0 aliphatic carbocycles. The summed E-state index contributed by atoms with van der Waals surface area (Å²) in [7, 11) is 0. The number of anilines is 1. The minimum atomic E-state index is 0.245. The first-order valence-electron chi connectivity index (χ1n) is 7.00. The number of carbonyl (C=O) groups excluding carboxylic acids is 1. The van der Waals surface area contributed by atoms with Gasteiger partial charge in [0.15, 0.2) is 0 Å². The highest BCUT2D eigenvalue weighted by molar-refractivity contribution is 5.76. The zero-order chi connectivity index (χ0) is 13.7. The summed E-state index contributed by atoms with van der Waals surface area (Å²) in [6.07, 6.45) is 1.37. The number of benzene rings is 1. The van der Waals surface area contributed by atoms with Crippen molar-refractivity contribution < 1.29 is 4.79 Å². The molecule has 1 aromatic rings. The van der Waals surface area contributed by atoms with Gasteiger partial charge in [-0.25, -0.2) is 0 Å². The Morgan fingerprint density at radius 3 is 2.63 bits per heavy atom. The predicted molar refractivity (Wildman–Crippen MR) is 78.3 cm³/mol. The number of nitrogens with two attached hydrogens (primary N) is 1. The van der Waals surface area contributed by atoms with Crippen molar-refractivity contribution in [1.29, 1.82) is 0 Å². The molecule has 1 saturated heterocycles. The molecule has 0 unspecified atom stereocenters. The van der Waals surface area contributed by atoms with Crippen LogP contribution >= 0.6 is 0 Å². The fraction of sp³-hybridized carbons (Fsp3) is 0.533. The second-order valence-electron chi connectivity index (χ2n) is 5.10. The van der Waals surface area contributed by atoms with Gasteiger partial charge in [0.2, 0.25) is 5.91 Å². The molecule has 19 heavy (non-hydrogen) atoms. The SMILES string of the molecule is Cc1cccc(N2CCN(C(=O)CCCN)CC2)c1. The van der Waals surface area contributed by atoms with Crippen molar-refractivity contribution in [3.63, 3.8) is 0 Å². The molecule has 4 heteroatoms. The summed E-state index contributed by atoms with van der Waals surface area (Å²) in [6, 6.07) is 8.53. The summed E-state index contributed by atoms with van der Waals surface area (Å²) in [5.41, 5.74) is 7.97. The van der Waals surface area contributed by atoms with E-state index >= 15 is 0 Å². The van der Waals surface area contributed by atoms with Crippen LogP contribution in [0.5, 0.6) is 0 Å². The van der Waals surface area contributed by atoms with E-state index in [9.17, 15) is 4.79 Å². The number of nitrogens with zero attached hydrogens (tertiary/aromatic N) is 2. The van der Waals surface area contributed by atoms with Gasteiger partial charge >= 0.3 is 0 Å². The first-order chi connectivity index (χ1) is 9.20. The zero-order valence-electron chi connectivity index (χ0n) is 11.6. The Morgan fingerprint density at radius 1 is 1.26 bits per heavy atom. The molecular weight excluding hydrogens is 238 g/mol. The molecule has 0 saturated carbocycles. The van der Waals surface area contributed by atoms with Gasteiger partial charge in [0.25, 0.3) is 0 Å². The lowest BCUT2D eigenvalue weighted by Gasteiger charge is -2.36. The average molecular weight is 261 g/mol. The van der Waals surface area contributed by atoms with E-state index in [-0.39, 0.29) is 5.91 Å². The molecule has 2 rings (SSSR count). The Bertz CT molecular complexity index is 425. The predicted octanol–water partition coefficient (Wildman–Crippen LogP) is 1.38. The van der Waals surface area contributed by atoms with Crippen LogP contribution in [-0.2, 0) is 4.79 Å². The van der Waals surface area contributed by atoms with E-state index in [1.165, 1.54) is 11.3 Å². The van der Waals surface area contributed by atoms with Gasteiger partial charge in [-0.3, -0.25) is 4.79 Å². The summed E-state index contributed by atoms with van der Waals surface area (Å²) in [6.45, 7) is 6.16. The van der Waals surface area contributed by atoms with Crippen LogP contribution in [0.3, 0.4) is 0 Å². The summed E-state index contributed by atoms with van der Waals surface area (Å²) < 4.78 is 0. The largest absolute Gasteiger partial charge is 0.368 e. The van der Waals surface area contributed by atoms with Gasteiger partial charge in [-0.1, -0.05) is 12.1 Å². The molecule has 0 spiro atoms. The topological polar surface area (TPSA) is 49.6 Å². The molecule has 0 bridgehead atoms. The van der Waals surface area contributed by atoms with Crippen LogP contribution in [0.4, 0.5) is 5.69 Å². The van der Waals surface area contributed by atoms with Crippen LogP contribution in [0.15, 0.2) is 24.3 Å². The van der Waals surface area contributed by atoms with Crippen molar-refractivity contribution in [1.82, 2.24) is 4.90 Å². The zero-order valence-corrected chi connectivity index (χ0v) is 11.6. The monoisotopic (exact) mass is 261 g/mol. The standard InChI is InChI=1S/C15H23N3O/c1-13-4-2-5-14(12-13)17-8-10-18(11-9-17)15(19)6-3-7-16/h2,4-5,12H,3,6-11,16H2,1H3. The maximum Gasteiger partial charge on any atom is 0.222 e. The Kier molecular flexibility index (Phi) is 4.80. The van der Waals surface area contributed by atoms with E-state index in [1.807, 2.05) is 4.90 Å². The van der Waals surface area contributed by atoms with Gasteiger partial charge in [0, 0.05) is 38.3 Å². The summed E-state index contributed by atoms with van der Waals surface area (Å²) in [5, 5.41) is 0. The molecule has 0 radical (unpaired) electrons. The van der Waals surface area contributed by atoms with Crippen molar-refractivity contribution in [3.05, 3.63) is 29.8 Å². The van der Waals surface area contributed by atoms with E-state index in [1.54, 1.807) is 0 Å². The van der Waals surface area contributed by atoms with Crippen molar-refractivity contribution in [2.24, 2.45) is 5.73 Å². The average Bonchev–Trinajstić information content (AvgIpc) is 2.45. The number of hydrogen-bond donors (Lipinski definition) is 1. The molecule has 0 aromatic heterocycles. The number of hydrogen-bond acceptors (Lipinski definition) is 3. The number of piperazine rings is 1. The van der Waals surface area contributed by atoms with Gasteiger partial charge in [0.1, 0.15) is 0 Å². The van der Waals surface area contributed by atoms with Gasteiger partial charge in [-0.2, -0.15) is 0 Å². The Hall–Kier alpha value is -1.55. The summed E-state index contributed by atoms with van der Waals surface area (Å²) >= 11 is 0. The molecule has 1 aliphatic rings. The molecule has 1 aliphatic heterocycles. The van der Waals surface area contributed by atoms with Gasteiger partial charge in [-0.15, -0.1) is 0 Å². The van der Waals surface area contributed by atoms with E-state index in [2.05, 4.69) is 36.1 Å². The molecule has 4 nitrogen and oxygen atoms in total. The number of aryl methyl sites for hydroxylation is 1.